The maximum atomic E-state index is 11.9. The Hall–Kier alpha value is -0.610. The number of rotatable bonds is 4. The average Bonchev–Trinajstić information content (AvgIpc) is 2.62. The third kappa shape index (κ3) is 4.64. The summed E-state index contributed by atoms with van der Waals surface area (Å²) in [4.78, 5) is 11.9. The predicted octanol–water partition coefficient (Wildman–Crippen LogP) is 1.01. The van der Waals surface area contributed by atoms with E-state index in [4.69, 9.17) is 5.73 Å². The van der Waals surface area contributed by atoms with Crippen LogP contribution in [0.3, 0.4) is 0 Å². The average molecular weight is 241 g/mol. The molecule has 17 heavy (non-hydrogen) atoms. The highest BCUT2D eigenvalue weighted by Gasteiger charge is 2.29. The molecule has 1 rings (SSSR count). The Bertz CT molecular complexity index is 260. The minimum Gasteiger partial charge on any atom is -0.350 e. The van der Waals surface area contributed by atoms with Gasteiger partial charge < -0.3 is 16.4 Å². The van der Waals surface area contributed by atoms with Crippen molar-refractivity contribution in [2.45, 2.75) is 64.6 Å². The third-order valence-corrected chi connectivity index (χ3v) is 3.32. The van der Waals surface area contributed by atoms with Crippen molar-refractivity contribution in [1.82, 2.24) is 10.6 Å². The largest absolute Gasteiger partial charge is 0.350 e. The quantitative estimate of drug-likeness (QED) is 0.688. The monoisotopic (exact) mass is 241 g/mol. The van der Waals surface area contributed by atoms with Crippen LogP contribution in [0.1, 0.15) is 47.0 Å². The fraction of sp³-hybridized carbons (Fsp3) is 0.923. The van der Waals surface area contributed by atoms with Crippen molar-refractivity contribution in [2.75, 3.05) is 6.54 Å². The minimum atomic E-state index is -0.171. The van der Waals surface area contributed by atoms with Crippen LogP contribution in [0.2, 0.25) is 0 Å². The Labute approximate surface area is 105 Å². The van der Waals surface area contributed by atoms with Crippen LogP contribution < -0.4 is 16.4 Å². The Morgan fingerprint density at radius 3 is 2.59 bits per heavy atom. The van der Waals surface area contributed by atoms with Gasteiger partial charge in [0, 0.05) is 11.6 Å². The lowest BCUT2D eigenvalue weighted by atomic mass is 10.0. The van der Waals surface area contributed by atoms with E-state index in [0.717, 1.165) is 6.42 Å². The van der Waals surface area contributed by atoms with Gasteiger partial charge in [-0.2, -0.15) is 0 Å². The molecule has 100 valence electrons. The number of carbonyl (C=O) groups excluding carboxylic acids is 1. The van der Waals surface area contributed by atoms with Gasteiger partial charge in [0.1, 0.15) is 0 Å². The highest BCUT2D eigenvalue weighted by molar-refractivity contribution is 5.81. The first-order valence-electron chi connectivity index (χ1n) is 6.61. The van der Waals surface area contributed by atoms with Crippen LogP contribution in [0.4, 0.5) is 0 Å². The van der Waals surface area contributed by atoms with Crippen molar-refractivity contribution in [2.24, 2.45) is 11.7 Å². The van der Waals surface area contributed by atoms with Crippen LogP contribution in [0.25, 0.3) is 0 Å². The summed E-state index contributed by atoms with van der Waals surface area (Å²) in [5, 5.41) is 6.40. The zero-order chi connectivity index (χ0) is 13.1. The Kier molecular flexibility index (Phi) is 4.95. The van der Waals surface area contributed by atoms with Gasteiger partial charge in [0.05, 0.1) is 6.04 Å². The molecule has 1 fully saturated rings. The lowest BCUT2D eigenvalue weighted by Crippen LogP contribution is -2.52. The topological polar surface area (TPSA) is 67.1 Å². The highest BCUT2D eigenvalue weighted by atomic mass is 16.2. The van der Waals surface area contributed by atoms with Crippen molar-refractivity contribution < 1.29 is 4.79 Å². The maximum Gasteiger partial charge on any atom is 0.237 e. The molecule has 1 aliphatic carbocycles. The van der Waals surface area contributed by atoms with Crippen LogP contribution in [-0.2, 0) is 4.79 Å². The smallest absolute Gasteiger partial charge is 0.237 e. The molecule has 1 amide bonds. The second kappa shape index (κ2) is 5.83. The summed E-state index contributed by atoms with van der Waals surface area (Å²) in [7, 11) is 0. The van der Waals surface area contributed by atoms with E-state index in [1.807, 2.05) is 27.7 Å². The summed E-state index contributed by atoms with van der Waals surface area (Å²) < 4.78 is 0. The van der Waals surface area contributed by atoms with E-state index < -0.39 is 0 Å². The van der Waals surface area contributed by atoms with E-state index in [1.165, 1.54) is 12.8 Å². The van der Waals surface area contributed by atoms with Crippen LogP contribution in [0.5, 0.6) is 0 Å². The third-order valence-electron chi connectivity index (χ3n) is 3.32. The molecule has 0 spiro atoms. The number of hydrogen-bond acceptors (Lipinski definition) is 3. The number of nitrogens with two attached hydrogens (primary N) is 1. The first-order valence-corrected chi connectivity index (χ1v) is 6.61. The molecule has 0 aromatic rings. The van der Waals surface area contributed by atoms with E-state index in [-0.39, 0.29) is 17.5 Å². The van der Waals surface area contributed by atoms with Gasteiger partial charge >= 0.3 is 0 Å². The number of hydrogen-bond donors (Lipinski definition) is 3. The van der Waals surface area contributed by atoms with Crippen molar-refractivity contribution >= 4 is 5.91 Å². The molecule has 4 nitrogen and oxygen atoms in total. The van der Waals surface area contributed by atoms with E-state index in [1.54, 1.807) is 0 Å². The maximum absolute atomic E-state index is 11.9. The van der Waals surface area contributed by atoms with Gasteiger partial charge in [-0.05, 0) is 53.0 Å². The molecule has 0 aliphatic heterocycles. The number of carbonyl (C=O) groups is 1. The van der Waals surface area contributed by atoms with Gasteiger partial charge in [-0.3, -0.25) is 4.79 Å². The van der Waals surface area contributed by atoms with Gasteiger partial charge in [0.25, 0.3) is 0 Å². The number of nitrogens with one attached hydrogen (secondary N) is 2. The standard InChI is InChI=1S/C13H27N3O/c1-9(12(17)16-13(2,3)4)15-11-7-5-6-10(11)8-14/h9-11,15H,5-8,14H2,1-4H3,(H,16,17). The molecule has 0 heterocycles. The fourth-order valence-corrected chi connectivity index (χ4v) is 2.41. The molecule has 1 saturated carbocycles. The molecule has 0 saturated heterocycles. The Balaban J connectivity index is 2.43. The summed E-state index contributed by atoms with van der Waals surface area (Å²) >= 11 is 0. The molecule has 0 radical (unpaired) electrons. The van der Waals surface area contributed by atoms with Gasteiger partial charge in [-0.15, -0.1) is 0 Å². The van der Waals surface area contributed by atoms with Crippen molar-refractivity contribution in [3.63, 3.8) is 0 Å². The van der Waals surface area contributed by atoms with Crippen LogP contribution in [0.15, 0.2) is 0 Å². The molecule has 1 aliphatic rings. The van der Waals surface area contributed by atoms with Crippen molar-refractivity contribution in [3.05, 3.63) is 0 Å². The van der Waals surface area contributed by atoms with Gasteiger partial charge in [0.2, 0.25) is 5.91 Å². The van der Waals surface area contributed by atoms with Crippen molar-refractivity contribution in [3.8, 4) is 0 Å². The summed E-state index contributed by atoms with van der Waals surface area (Å²) in [5.41, 5.74) is 5.57. The molecular weight excluding hydrogens is 214 g/mol. The van der Waals surface area contributed by atoms with Crippen LogP contribution in [0, 0.1) is 5.92 Å². The van der Waals surface area contributed by atoms with Crippen molar-refractivity contribution in [1.29, 1.82) is 0 Å². The summed E-state index contributed by atoms with van der Waals surface area (Å²) in [6.07, 6.45) is 3.53. The zero-order valence-electron chi connectivity index (χ0n) is 11.5. The van der Waals surface area contributed by atoms with E-state index >= 15 is 0 Å². The second-order valence-corrected chi connectivity index (χ2v) is 6.16. The molecule has 3 unspecified atom stereocenters. The normalized spacial score (nSPS) is 26.9. The Morgan fingerprint density at radius 2 is 2.06 bits per heavy atom. The van der Waals surface area contributed by atoms with E-state index in [2.05, 4.69) is 10.6 Å². The molecule has 0 aromatic carbocycles. The van der Waals surface area contributed by atoms with Crippen LogP contribution >= 0.6 is 0 Å². The SMILES string of the molecule is CC(NC1CCCC1CN)C(=O)NC(C)(C)C. The number of amides is 1. The molecule has 4 N–H and O–H groups in total. The summed E-state index contributed by atoms with van der Waals surface area (Å²) in [6.45, 7) is 8.62. The Morgan fingerprint density at radius 1 is 1.41 bits per heavy atom. The summed E-state index contributed by atoms with van der Waals surface area (Å²) in [6, 6.07) is 0.257. The van der Waals surface area contributed by atoms with Gasteiger partial charge in [0.15, 0.2) is 0 Å². The minimum absolute atomic E-state index is 0.0696. The first-order chi connectivity index (χ1) is 7.83. The molecule has 0 aromatic heterocycles. The second-order valence-electron chi connectivity index (χ2n) is 6.16. The summed E-state index contributed by atoms with van der Waals surface area (Å²) in [5.74, 6) is 0.597. The van der Waals surface area contributed by atoms with Crippen LogP contribution in [-0.4, -0.2) is 30.1 Å². The van der Waals surface area contributed by atoms with Gasteiger partial charge in [-0.25, -0.2) is 0 Å². The van der Waals surface area contributed by atoms with Gasteiger partial charge in [-0.1, -0.05) is 6.42 Å². The zero-order valence-corrected chi connectivity index (χ0v) is 11.5. The highest BCUT2D eigenvalue weighted by Crippen LogP contribution is 2.24. The van der Waals surface area contributed by atoms with E-state index in [0.29, 0.717) is 18.5 Å². The molecule has 4 heteroatoms. The lowest BCUT2D eigenvalue weighted by molar-refractivity contribution is -0.124. The fourth-order valence-electron chi connectivity index (χ4n) is 2.41. The molecular formula is C13H27N3O. The first kappa shape index (κ1) is 14.5. The van der Waals surface area contributed by atoms with E-state index in [9.17, 15) is 4.79 Å². The predicted molar refractivity (Wildman–Crippen MR) is 70.7 cm³/mol. The lowest BCUT2D eigenvalue weighted by Gasteiger charge is -2.27. The molecule has 0 bridgehead atoms. The molecule has 3 atom stereocenters.